The molecule has 4 saturated heterocycles. The van der Waals surface area contributed by atoms with Crippen molar-refractivity contribution in [2.75, 3.05) is 49.9 Å². The lowest BCUT2D eigenvalue weighted by molar-refractivity contribution is 0.0962. The molecule has 2 aromatic carbocycles. The Morgan fingerprint density at radius 2 is 1.37 bits per heavy atom. The number of fused-ring (bicyclic) bond motifs is 5. The van der Waals surface area contributed by atoms with Crippen molar-refractivity contribution in [2.45, 2.75) is 51.6 Å². The van der Waals surface area contributed by atoms with Crippen LogP contribution in [0.25, 0.3) is 0 Å². The first-order valence-electron chi connectivity index (χ1n) is 14.1. The molecule has 0 amide bonds. The van der Waals surface area contributed by atoms with Gasteiger partial charge in [0.05, 0.1) is 22.3 Å². The third-order valence-corrected chi connectivity index (χ3v) is 9.20. The van der Waals surface area contributed by atoms with E-state index in [-0.39, 0.29) is 45.8 Å². The van der Waals surface area contributed by atoms with Crippen LogP contribution in [0.5, 0.6) is 11.5 Å². The van der Waals surface area contributed by atoms with Crippen LogP contribution in [0, 0.1) is 11.8 Å². The van der Waals surface area contributed by atoms with E-state index in [0.29, 0.717) is 23.2 Å². The molecule has 3 unspecified atom stereocenters. The van der Waals surface area contributed by atoms with Crippen molar-refractivity contribution in [1.82, 2.24) is 9.80 Å². The van der Waals surface area contributed by atoms with E-state index < -0.39 is 11.6 Å². The van der Waals surface area contributed by atoms with E-state index in [0.717, 1.165) is 65.0 Å². The molecular weight excluding hydrogens is 480 g/mol. The maximum absolute atomic E-state index is 14.0. The molecule has 202 valence electrons. The topological polar surface area (TPSA) is 105 Å². The van der Waals surface area contributed by atoms with Crippen molar-refractivity contribution in [3.63, 3.8) is 0 Å². The van der Waals surface area contributed by atoms with Crippen molar-refractivity contribution in [3.8, 4) is 11.5 Å². The summed E-state index contributed by atoms with van der Waals surface area (Å²) < 4.78 is 0. The summed E-state index contributed by atoms with van der Waals surface area (Å²) in [7, 11) is 0. The number of carbonyl (C=O) groups is 2. The van der Waals surface area contributed by atoms with E-state index in [1.807, 2.05) is 0 Å². The van der Waals surface area contributed by atoms with Gasteiger partial charge in [0.15, 0.2) is 0 Å². The fourth-order valence-corrected chi connectivity index (χ4v) is 6.98. The van der Waals surface area contributed by atoms with Crippen LogP contribution in [0.2, 0.25) is 0 Å². The fraction of sp³-hybridized carbons (Fsp3) is 0.533. The Hall–Kier alpha value is -3.10. The molecule has 8 nitrogen and oxygen atoms in total. The molecule has 0 radical (unpaired) electrons. The molecule has 4 aliphatic heterocycles. The van der Waals surface area contributed by atoms with Gasteiger partial charge < -0.3 is 30.6 Å². The van der Waals surface area contributed by atoms with Crippen LogP contribution in [0.3, 0.4) is 0 Å². The van der Waals surface area contributed by atoms with Crippen molar-refractivity contribution in [3.05, 3.63) is 46.5 Å². The fourth-order valence-electron chi connectivity index (χ4n) is 6.98. The quantitative estimate of drug-likeness (QED) is 0.364. The number of anilines is 2. The lowest BCUT2D eigenvalue weighted by Crippen LogP contribution is -2.53. The third-order valence-electron chi connectivity index (χ3n) is 9.20. The van der Waals surface area contributed by atoms with Gasteiger partial charge in [-0.1, -0.05) is 13.8 Å². The first kappa shape index (κ1) is 25.2. The predicted molar refractivity (Wildman–Crippen MR) is 148 cm³/mol. The van der Waals surface area contributed by atoms with Crippen LogP contribution >= 0.6 is 0 Å². The van der Waals surface area contributed by atoms with E-state index in [1.165, 1.54) is 12.1 Å². The van der Waals surface area contributed by atoms with Crippen molar-refractivity contribution in [2.24, 2.45) is 11.8 Å². The number of benzene rings is 2. The highest BCUT2D eigenvalue weighted by Crippen LogP contribution is 2.43. The summed E-state index contributed by atoms with van der Waals surface area (Å²) in [5, 5.41) is 28.7. The Morgan fingerprint density at radius 1 is 0.789 bits per heavy atom. The molecular formula is C30H38N4O4. The van der Waals surface area contributed by atoms with Gasteiger partial charge >= 0.3 is 0 Å². The first-order chi connectivity index (χ1) is 18.4. The molecule has 4 fully saturated rings. The minimum Gasteiger partial charge on any atom is -0.507 e. The molecule has 2 bridgehead atoms. The Bertz CT molecular complexity index is 1270. The highest BCUT2D eigenvalue weighted by atomic mass is 16.3. The van der Waals surface area contributed by atoms with E-state index in [4.69, 9.17) is 0 Å². The molecule has 4 heterocycles. The van der Waals surface area contributed by atoms with Crippen LogP contribution in [0.4, 0.5) is 11.4 Å². The zero-order valence-electron chi connectivity index (χ0n) is 22.3. The third kappa shape index (κ3) is 4.24. The van der Waals surface area contributed by atoms with E-state index in [2.05, 4.69) is 34.3 Å². The summed E-state index contributed by atoms with van der Waals surface area (Å²) in [5.41, 5.74) is 1.43. The second-order valence-corrected chi connectivity index (χ2v) is 11.6. The van der Waals surface area contributed by atoms with Gasteiger partial charge in [-0.15, -0.1) is 0 Å². The number of nitrogens with zero attached hydrogens (tertiary/aromatic N) is 2. The Balaban J connectivity index is 1.36. The monoisotopic (exact) mass is 518 g/mol. The van der Waals surface area contributed by atoms with Crippen molar-refractivity contribution >= 4 is 22.9 Å². The molecule has 3 atom stereocenters. The first-order valence-corrected chi connectivity index (χ1v) is 14.1. The predicted octanol–water partition coefficient (Wildman–Crippen LogP) is 3.91. The highest BCUT2D eigenvalue weighted by Gasteiger charge is 2.40. The summed E-state index contributed by atoms with van der Waals surface area (Å²) in [6.07, 6.45) is 4.34. The summed E-state index contributed by atoms with van der Waals surface area (Å²) >= 11 is 0. The van der Waals surface area contributed by atoms with Crippen LogP contribution in [-0.4, -0.2) is 82.9 Å². The molecule has 0 spiro atoms. The molecule has 0 aromatic heterocycles. The zero-order chi connectivity index (χ0) is 26.6. The van der Waals surface area contributed by atoms with Gasteiger partial charge in [0.1, 0.15) is 11.5 Å². The average Bonchev–Trinajstić information content (AvgIpc) is 2.91. The summed E-state index contributed by atoms with van der Waals surface area (Å²) in [4.78, 5) is 32.8. The number of phenols is 2. The molecule has 0 saturated carbocycles. The Labute approximate surface area is 224 Å². The van der Waals surface area contributed by atoms with E-state index in [1.54, 1.807) is 12.1 Å². The lowest BCUT2D eigenvalue weighted by atomic mass is 9.80. The smallest absolute Gasteiger partial charge is 0.200 e. The van der Waals surface area contributed by atoms with Crippen LogP contribution in [0.15, 0.2) is 24.3 Å². The molecule has 7 rings (SSSR count). The van der Waals surface area contributed by atoms with Crippen LogP contribution in [-0.2, 0) is 0 Å². The Kier molecular flexibility index (Phi) is 6.56. The average molecular weight is 519 g/mol. The minimum atomic E-state index is -0.433. The van der Waals surface area contributed by atoms with Crippen molar-refractivity contribution in [1.29, 1.82) is 0 Å². The number of rotatable bonds is 6. The molecule has 4 N–H and O–H groups in total. The number of likely N-dealkylation sites (tertiary alicyclic amines) is 1. The number of piperidine rings is 4. The standard InChI is InChI=1S/C30H38N4O4/c1-3-11-33-12-8-17(2)21(15-33)31-19-4-6-23(35)27-25(19)29(37)28-24(36)7-5-20(26(28)30(27)38)32-22-16-34-13-9-18(22)10-14-34/h4-7,17-18,21-22,31-32,35-36H,3,8-16H2,1-2H3. The number of phenolic OH excluding ortho intramolecular Hbond substituents is 2. The number of ketones is 2. The maximum atomic E-state index is 14.0. The van der Waals surface area contributed by atoms with Crippen LogP contribution in [0.1, 0.15) is 71.4 Å². The highest BCUT2D eigenvalue weighted by molar-refractivity contribution is 6.33. The normalized spacial score (nSPS) is 28.6. The van der Waals surface area contributed by atoms with Gasteiger partial charge in [-0.05, 0) is 88.0 Å². The van der Waals surface area contributed by atoms with Crippen LogP contribution < -0.4 is 10.6 Å². The Morgan fingerprint density at radius 3 is 1.89 bits per heavy atom. The number of aromatic hydroxyl groups is 2. The molecule has 38 heavy (non-hydrogen) atoms. The van der Waals surface area contributed by atoms with Gasteiger partial charge in [0, 0.05) is 36.5 Å². The zero-order valence-corrected chi connectivity index (χ0v) is 22.3. The van der Waals surface area contributed by atoms with E-state index >= 15 is 0 Å². The van der Waals surface area contributed by atoms with E-state index in [9.17, 15) is 19.8 Å². The summed E-state index contributed by atoms with van der Waals surface area (Å²) in [6.45, 7) is 10.4. The summed E-state index contributed by atoms with van der Waals surface area (Å²) in [5.74, 6) is -0.384. The summed E-state index contributed by atoms with van der Waals surface area (Å²) in [6, 6.07) is 6.65. The number of nitrogens with one attached hydrogen (secondary N) is 2. The van der Waals surface area contributed by atoms with Gasteiger partial charge in [0.2, 0.25) is 11.6 Å². The molecule has 2 aromatic rings. The lowest BCUT2D eigenvalue weighted by Gasteiger charge is -2.45. The van der Waals surface area contributed by atoms with Crippen molar-refractivity contribution < 1.29 is 19.8 Å². The largest absolute Gasteiger partial charge is 0.507 e. The maximum Gasteiger partial charge on any atom is 0.200 e. The second-order valence-electron chi connectivity index (χ2n) is 11.6. The number of hydrogen-bond acceptors (Lipinski definition) is 8. The van der Waals surface area contributed by atoms with Gasteiger partial charge in [-0.25, -0.2) is 0 Å². The second kappa shape index (κ2) is 9.89. The molecule has 1 aliphatic carbocycles. The minimum absolute atomic E-state index is 0.0175. The number of carbonyl (C=O) groups excluding carboxylic acids is 2. The van der Waals surface area contributed by atoms with Gasteiger partial charge in [-0.2, -0.15) is 0 Å². The SMILES string of the molecule is CCCN1CCC(C)C(Nc2ccc(O)c3c2C(=O)c2c(O)ccc(NC4CN5CCC4CC5)c2C3=O)C1. The van der Waals surface area contributed by atoms with Gasteiger partial charge in [-0.3, -0.25) is 9.59 Å². The molecule has 5 aliphatic rings. The number of hydrogen-bond donors (Lipinski definition) is 4. The molecule has 8 heteroatoms. The van der Waals surface area contributed by atoms with Gasteiger partial charge in [0.25, 0.3) is 0 Å².